The summed E-state index contributed by atoms with van der Waals surface area (Å²) in [4.78, 5) is 15.7. The third-order valence-corrected chi connectivity index (χ3v) is 3.12. The number of carbonyl (C=O) groups is 1. The number of hydrogen-bond donors (Lipinski definition) is 1. The highest BCUT2D eigenvalue weighted by molar-refractivity contribution is 9.10. The molecule has 110 valence electrons. The zero-order valence-electron chi connectivity index (χ0n) is 11.3. The molecule has 0 amide bonds. The number of carbonyl (C=O) groups excluding carboxylic acids is 1. The predicted octanol–water partition coefficient (Wildman–Crippen LogP) is 2.94. The van der Waals surface area contributed by atoms with E-state index in [2.05, 4.69) is 20.9 Å². The first-order chi connectivity index (χ1) is 10.1. The van der Waals surface area contributed by atoms with Gasteiger partial charge in [-0.1, -0.05) is 12.1 Å². The minimum atomic E-state index is -0.339. The Bertz CT molecular complexity index is 602. The van der Waals surface area contributed by atoms with Crippen LogP contribution in [0.1, 0.15) is 12.1 Å². The number of nitrogens with zero attached hydrogens (tertiary/aromatic N) is 1. The van der Waals surface area contributed by atoms with Crippen LogP contribution in [0.2, 0.25) is 0 Å². The first kappa shape index (κ1) is 15.3. The Hall–Kier alpha value is -2.08. The predicted molar refractivity (Wildman–Crippen MR) is 82.7 cm³/mol. The van der Waals surface area contributed by atoms with Crippen molar-refractivity contribution in [2.45, 2.75) is 13.0 Å². The summed E-state index contributed by atoms with van der Waals surface area (Å²) < 4.78 is 11.4. The first-order valence-corrected chi connectivity index (χ1v) is 7.18. The number of rotatable bonds is 6. The summed E-state index contributed by atoms with van der Waals surface area (Å²) in [6, 6.07) is 10.8. The Morgan fingerprint density at radius 2 is 2.05 bits per heavy atom. The summed E-state index contributed by atoms with van der Waals surface area (Å²) in [6.07, 6.45) is 1.81. The van der Waals surface area contributed by atoms with Gasteiger partial charge in [0.05, 0.1) is 24.4 Å². The maximum absolute atomic E-state index is 11.6. The van der Waals surface area contributed by atoms with E-state index < -0.39 is 0 Å². The van der Waals surface area contributed by atoms with Gasteiger partial charge in [0.1, 0.15) is 12.4 Å². The minimum absolute atomic E-state index is 0.152. The molecule has 0 saturated carbocycles. The molecule has 21 heavy (non-hydrogen) atoms. The molecule has 2 rings (SSSR count). The fraction of sp³-hybridized carbons (Fsp3) is 0.200. The van der Waals surface area contributed by atoms with E-state index in [1.807, 2.05) is 18.2 Å². The van der Waals surface area contributed by atoms with Crippen LogP contribution in [0.15, 0.2) is 47.1 Å². The van der Waals surface area contributed by atoms with Crippen LogP contribution in [0.25, 0.3) is 0 Å². The number of esters is 1. The van der Waals surface area contributed by atoms with Crippen molar-refractivity contribution in [2.75, 3.05) is 12.3 Å². The molecule has 5 nitrogen and oxygen atoms in total. The Balaban J connectivity index is 1.70. The summed E-state index contributed by atoms with van der Waals surface area (Å²) in [5, 5.41) is 0. The highest BCUT2D eigenvalue weighted by Gasteiger charge is 2.06. The van der Waals surface area contributed by atoms with Crippen LogP contribution >= 0.6 is 15.9 Å². The van der Waals surface area contributed by atoms with Gasteiger partial charge in [0.25, 0.3) is 0 Å². The Morgan fingerprint density at radius 3 is 2.76 bits per heavy atom. The highest BCUT2D eigenvalue weighted by Crippen LogP contribution is 2.19. The third kappa shape index (κ3) is 5.07. The molecule has 0 aliphatic rings. The molecular weight excluding hydrogens is 336 g/mol. The lowest BCUT2D eigenvalue weighted by Gasteiger charge is -2.08. The van der Waals surface area contributed by atoms with Crippen molar-refractivity contribution in [1.29, 1.82) is 0 Å². The molecular formula is C15H15BrN2O3. The monoisotopic (exact) mass is 350 g/mol. The summed E-state index contributed by atoms with van der Waals surface area (Å²) >= 11 is 3.29. The van der Waals surface area contributed by atoms with Gasteiger partial charge in [-0.2, -0.15) is 0 Å². The van der Waals surface area contributed by atoms with Crippen molar-refractivity contribution in [3.63, 3.8) is 0 Å². The molecule has 0 atom stereocenters. The third-order valence-electron chi connectivity index (χ3n) is 2.65. The summed E-state index contributed by atoms with van der Waals surface area (Å²) in [5.41, 5.74) is 6.97. The van der Waals surface area contributed by atoms with Crippen LogP contribution in [0.5, 0.6) is 5.75 Å². The van der Waals surface area contributed by atoms with Gasteiger partial charge >= 0.3 is 5.97 Å². The number of aromatic nitrogens is 1. The van der Waals surface area contributed by atoms with E-state index in [0.29, 0.717) is 17.1 Å². The molecule has 6 heteroatoms. The topological polar surface area (TPSA) is 74.4 Å². The molecule has 0 aliphatic heterocycles. The molecule has 1 heterocycles. The van der Waals surface area contributed by atoms with Crippen LogP contribution in [-0.4, -0.2) is 17.6 Å². The van der Waals surface area contributed by atoms with E-state index in [4.69, 9.17) is 15.2 Å². The molecule has 0 radical (unpaired) electrons. The molecule has 0 bridgehead atoms. The lowest BCUT2D eigenvalue weighted by Crippen LogP contribution is -2.10. The quantitative estimate of drug-likeness (QED) is 0.640. The first-order valence-electron chi connectivity index (χ1n) is 6.38. The highest BCUT2D eigenvalue weighted by atomic mass is 79.9. The number of anilines is 1. The van der Waals surface area contributed by atoms with Gasteiger partial charge < -0.3 is 15.2 Å². The molecule has 0 fully saturated rings. The SMILES string of the molecule is Nc1ccccc1OCCC(=O)OCc1ccc(Br)cn1. The normalized spacial score (nSPS) is 10.1. The van der Waals surface area contributed by atoms with Crippen molar-refractivity contribution in [3.8, 4) is 5.75 Å². The molecule has 0 aliphatic carbocycles. The average molecular weight is 351 g/mol. The van der Waals surface area contributed by atoms with Crippen molar-refractivity contribution < 1.29 is 14.3 Å². The fourth-order valence-corrected chi connectivity index (χ4v) is 1.81. The number of pyridine rings is 1. The van der Waals surface area contributed by atoms with Crippen molar-refractivity contribution >= 4 is 27.6 Å². The Labute approximate surface area is 131 Å². The summed E-state index contributed by atoms with van der Waals surface area (Å²) in [5.74, 6) is 0.231. The minimum Gasteiger partial charge on any atom is -0.491 e. The number of hydrogen-bond acceptors (Lipinski definition) is 5. The summed E-state index contributed by atoms with van der Waals surface area (Å²) in [7, 11) is 0. The van der Waals surface area contributed by atoms with Crippen molar-refractivity contribution in [3.05, 3.63) is 52.8 Å². The van der Waals surface area contributed by atoms with Crippen LogP contribution < -0.4 is 10.5 Å². The van der Waals surface area contributed by atoms with Gasteiger partial charge in [0, 0.05) is 10.7 Å². The van der Waals surface area contributed by atoms with Crippen molar-refractivity contribution in [2.24, 2.45) is 0 Å². The molecule has 1 aromatic heterocycles. The maximum atomic E-state index is 11.6. The lowest BCUT2D eigenvalue weighted by molar-refractivity contribution is -0.145. The lowest BCUT2D eigenvalue weighted by atomic mass is 10.3. The smallest absolute Gasteiger partial charge is 0.309 e. The molecule has 0 spiro atoms. The molecule has 2 N–H and O–H groups in total. The maximum Gasteiger partial charge on any atom is 0.309 e. The number of benzene rings is 1. The van der Waals surface area contributed by atoms with Gasteiger partial charge in [-0.05, 0) is 40.2 Å². The van der Waals surface area contributed by atoms with Gasteiger partial charge in [0.15, 0.2) is 0 Å². The second-order valence-corrected chi connectivity index (χ2v) is 5.18. The van der Waals surface area contributed by atoms with E-state index in [0.717, 1.165) is 4.47 Å². The zero-order chi connectivity index (χ0) is 15.1. The van der Waals surface area contributed by atoms with Gasteiger partial charge in [-0.3, -0.25) is 9.78 Å². The summed E-state index contributed by atoms with van der Waals surface area (Å²) in [6.45, 7) is 0.375. The number of ether oxygens (including phenoxy) is 2. The van der Waals surface area contributed by atoms with E-state index in [-0.39, 0.29) is 25.6 Å². The second-order valence-electron chi connectivity index (χ2n) is 4.26. The number of halogens is 1. The fourth-order valence-electron chi connectivity index (χ4n) is 1.57. The van der Waals surface area contributed by atoms with Gasteiger partial charge in [-0.25, -0.2) is 0 Å². The largest absolute Gasteiger partial charge is 0.491 e. The number of nitrogens with two attached hydrogens (primary N) is 1. The molecule has 0 unspecified atom stereocenters. The second kappa shape index (κ2) is 7.64. The molecule has 0 saturated heterocycles. The van der Waals surface area contributed by atoms with Crippen LogP contribution in [0, 0.1) is 0 Å². The average Bonchev–Trinajstić information content (AvgIpc) is 2.49. The zero-order valence-corrected chi connectivity index (χ0v) is 12.9. The Morgan fingerprint density at radius 1 is 1.24 bits per heavy atom. The van der Waals surface area contributed by atoms with Crippen LogP contribution in [0.4, 0.5) is 5.69 Å². The van der Waals surface area contributed by atoms with Crippen LogP contribution in [0.3, 0.4) is 0 Å². The number of para-hydroxylation sites is 2. The Kier molecular flexibility index (Phi) is 5.57. The van der Waals surface area contributed by atoms with Gasteiger partial charge in [0.2, 0.25) is 0 Å². The van der Waals surface area contributed by atoms with Crippen LogP contribution in [-0.2, 0) is 16.1 Å². The standard InChI is InChI=1S/C15H15BrN2O3/c16-11-5-6-12(18-9-11)10-21-15(19)7-8-20-14-4-2-1-3-13(14)17/h1-6,9H,7-8,10,17H2. The van der Waals surface area contributed by atoms with Gasteiger partial charge in [-0.15, -0.1) is 0 Å². The molecule has 2 aromatic rings. The van der Waals surface area contributed by atoms with E-state index in [1.54, 1.807) is 24.4 Å². The number of nitrogen functional groups attached to an aromatic ring is 1. The van der Waals surface area contributed by atoms with E-state index in [1.165, 1.54) is 0 Å². The van der Waals surface area contributed by atoms with E-state index in [9.17, 15) is 4.79 Å². The van der Waals surface area contributed by atoms with Crippen molar-refractivity contribution in [1.82, 2.24) is 4.98 Å². The molecule has 1 aromatic carbocycles. The van der Waals surface area contributed by atoms with E-state index >= 15 is 0 Å².